The molecule has 0 saturated heterocycles. The molecule has 0 aliphatic carbocycles. The van der Waals surface area contributed by atoms with Crippen LogP contribution in [0.4, 0.5) is 5.69 Å². The molecule has 0 atom stereocenters. The van der Waals surface area contributed by atoms with Gasteiger partial charge < -0.3 is 15.6 Å². The van der Waals surface area contributed by atoms with Crippen molar-refractivity contribution in [2.24, 2.45) is 5.73 Å². The monoisotopic (exact) mass is 363 g/mol. The van der Waals surface area contributed by atoms with Crippen LogP contribution in [-0.2, 0) is 12.8 Å². The zero-order valence-electron chi connectivity index (χ0n) is 17.0. The van der Waals surface area contributed by atoms with Gasteiger partial charge in [-0.25, -0.2) is 0 Å². The molecule has 1 heterocycles. The van der Waals surface area contributed by atoms with Gasteiger partial charge in [0.2, 0.25) is 0 Å². The zero-order chi connectivity index (χ0) is 19.2. The number of H-pyrrole nitrogens is 1. The van der Waals surface area contributed by atoms with Gasteiger partial charge in [-0.05, 0) is 74.9 Å². The topological polar surface area (TPSA) is 45.0 Å². The fourth-order valence-corrected chi connectivity index (χ4v) is 4.01. The Labute approximate surface area is 163 Å². The number of nitrogens with zero attached hydrogens (tertiary/aromatic N) is 1. The Morgan fingerprint density at radius 2 is 1.67 bits per heavy atom. The number of nitrogens with one attached hydrogen (secondary N) is 1. The van der Waals surface area contributed by atoms with E-state index in [-0.39, 0.29) is 0 Å². The number of anilines is 1. The van der Waals surface area contributed by atoms with Crippen molar-refractivity contribution in [2.45, 2.75) is 46.5 Å². The van der Waals surface area contributed by atoms with Gasteiger partial charge in [-0.2, -0.15) is 0 Å². The van der Waals surface area contributed by atoms with Gasteiger partial charge in [-0.15, -0.1) is 0 Å². The van der Waals surface area contributed by atoms with Crippen molar-refractivity contribution in [3.63, 3.8) is 0 Å². The average molecular weight is 364 g/mol. The first-order valence-corrected chi connectivity index (χ1v) is 10.4. The number of nitrogens with two attached hydrogens (primary N) is 1. The maximum atomic E-state index is 5.73. The van der Waals surface area contributed by atoms with Gasteiger partial charge in [0.05, 0.1) is 0 Å². The summed E-state index contributed by atoms with van der Waals surface area (Å²) in [6, 6.07) is 15.7. The van der Waals surface area contributed by atoms with Crippen LogP contribution < -0.4 is 10.6 Å². The lowest BCUT2D eigenvalue weighted by molar-refractivity contribution is 0.748. The van der Waals surface area contributed by atoms with E-state index in [1.165, 1.54) is 39.0 Å². The highest BCUT2D eigenvalue weighted by molar-refractivity contribution is 5.93. The van der Waals surface area contributed by atoms with E-state index in [0.717, 1.165) is 45.3 Å². The number of unbranched alkanes of at least 4 members (excludes halogenated alkanes) is 1. The molecule has 1 aromatic heterocycles. The van der Waals surface area contributed by atoms with Gasteiger partial charge in [0.15, 0.2) is 0 Å². The largest absolute Gasteiger partial charge is 0.372 e. The molecule has 3 nitrogen and oxygen atoms in total. The number of fused-ring (bicyclic) bond motifs is 1. The Balaban J connectivity index is 2.05. The number of aromatic nitrogens is 1. The number of hydrogen-bond acceptors (Lipinski definition) is 2. The third kappa shape index (κ3) is 4.03. The highest BCUT2D eigenvalue weighted by atomic mass is 15.1. The van der Waals surface area contributed by atoms with Crippen molar-refractivity contribution in [3.8, 4) is 11.3 Å². The predicted octanol–water partition coefficient (Wildman–Crippen LogP) is 5.52. The molecule has 0 saturated carbocycles. The van der Waals surface area contributed by atoms with Crippen LogP contribution in [0.5, 0.6) is 0 Å². The molecular weight excluding hydrogens is 330 g/mol. The number of para-hydroxylation sites is 1. The van der Waals surface area contributed by atoms with E-state index in [1.54, 1.807) is 0 Å². The summed E-state index contributed by atoms with van der Waals surface area (Å²) in [7, 11) is 0. The minimum Gasteiger partial charge on any atom is -0.372 e. The molecule has 0 aliphatic rings. The van der Waals surface area contributed by atoms with Crippen molar-refractivity contribution < 1.29 is 0 Å². The SMILES string of the molecule is CCc1cccc2c(CCCCN)c(-c3ccc(N(CC)CC)cc3)[nH]c12. The highest BCUT2D eigenvalue weighted by Gasteiger charge is 2.15. The molecule has 0 bridgehead atoms. The van der Waals surface area contributed by atoms with Crippen LogP contribution in [0.15, 0.2) is 42.5 Å². The molecule has 0 aliphatic heterocycles. The number of rotatable bonds is 9. The quantitative estimate of drug-likeness (QED) is 0.491. The second kappa shape index (κ2) is 9.09. The number of aromatic amines is 1. The van der Waals surface area contributed by atoms with E-state index in [0.29, 0.717) is 0 Å². The standard InChI is InChI=1S/C24H33N3/c1-4-18-10-9-12-22-21(11-7-8-17-25)24(26-23(18)22)19-13-15-20(16-14-19)27(5-2)6-3/h9-10,12-16,26H,4-8,11,17,25H2,1-3H3. The van der Waals surface area contributed by atoms with Crippen LogP contribution in [0.1, 0.15) is 44.7 Å². The Hall–Kier alpha value is -2.26. The first-order chi connectivity index (χ1) is 13.2. The van der Waals surface area contributed by atoms with Crippen molar-refractivity contribution >= 4 is 16.6 Å². The Morgan fingerprint density at radius 1 is 0.926 bits per heavy atom. The molecule has 3 aromatic rings. The van der Waals surface area contributed by atoms with E-state index >= 15 is 0 Å². The first-order valence-electron chi connectivity index (χ1n) is 10.4. The predicted molar refractivity (Wildman–Crippen MR) is 119 cm³/mol. The summed E-state index contributed by atoms with van der Waals surface area (Å²) in [6.45, 7) is 9.46. The third-order valence-corrected chi connectivity index (χ3v) is 5.57. The van der Waals surface area contributed by atoms with Crippen LogP contribution in [0.2, 0.25) is 0 Å². The van der Waals surface area contributed by atoms with Gasteiger partial charge in [-0.1, -0.05) is 37.3 Å². The molecule has 144 valence electrons. The summed E-state index contributed by atoms with van der Waals surface area (Å²) in [4.78, 5) is 6.14. The normalized spacial score (nSPS) is 11.3. The summed E-state index contributed by atoms with van der Waals surface area (Å²) in [5, 5.41) is 1.37. The number of benzene rings is 2. The minimum atomic E-state index is 0.760. The summed E-state index contributed by atoms with van der Waals surface area (Å²) >= 11 is 0. The van der Waals surface area contributed by atoms with E-state index in [1.807, 2.05) is 0 Å². The lowest BCUT2D eigenvalue weighted by atomic mass is 9.99. The Bertz CT molecular complexity index is 857. The van der Waals surface area contributed by atoms with Crippen LogP contribution >= 0.6 is 0 Å². The number of hydrogen-bond donors (Lipinski definition) is 2. The fraction of sp³-hybridized carbons (Fsp3) is 0.417. The first kappa shape index (κ1) is 19.5. The van der Waals surface area contributed by atoms with Crippen molar-refractivity contribution in [1.29, 1.82) is 0 Å². The smallest absolute Gasteiger partial charge is 0.0497 e. The van der Waals surface area contributed by atoms with E-state index in [9.17, 15) is 0 Å². The average Bonchev–Trinajstić information content (AvgIpc) is 3.08. The molecule has 3 heteroatoms. The van der Waals surface area contributed by atoms with Gasteiger partial charge >= 0.3 is 0 Å². The van der Waals surface area contributed by atoms with Crippen molar-refractivity contribution in [2.75, 3.05) is 24.5 Å². The molecule has 0 unspecified atom stereocenters. The van der Waals surface area contributed by atoms with Gasteiger partial charge in [0.1, 0.15) is 0 Å². The second-order valence-electron chi connectivity index (χ2n) is 7.14. The molecule has 0 fully saturated rings. The maximum Gasteiger partial charge on any atom is 0.0497 e. The maximum absolute atomic E-state index is 5.73. The van der Waals surface area contributed by atoms with E-state index in [4.69, 9.17) is 5.73 Å². The fourth-order valence-electron chi connectivity index (χ4n) is 4.01. The molecule has 0 spiro atoms. The molecular formula is C24H33N3. The van der Waals surface area contributed by atoms with Gasteiger partial charge in [0.25, 0.3) is 0 Å². The van der Waals surface area contributed by atoms with Gasteiger partial charge in [-0.3, -0.25) is 0 Å². The molecule has 0 radical (unpaired) electrons. The second-order valence-corrected chi connectivity index (χ2v) is 7.14. The third-order valence-electron chi connectivity index (χ3n) is 5.57. The van der Waals surface area contributed by atoms with Crippen LogP contribution in [-0.4, -0.2) is 24.6 Å². The minimum absolute atomic E-state index is 0.760. The lowest BCUT2D eigenvalue weighted by Crippen LogP contribution is -2.21. The van der Waals surface area contributed by atoms with Crippen LogP contribution in [0.25, 0.3) is 22.2 Å². The van der Waals surface area contributed by atoms with Gasteiger partial charge in [0, 0.05) is 35.4 Å². The summed E-state index contributed by atoms with van der Waals surface area (Å²) in [5.74, 6) is 0. The molecule has 27 heavy (non-hydrogen) atoms. The van der Waals surface area contributed by atoms with E-state index < -0.39 is 0 Å². The lowest BCUT2D eigenvalue weighted by Gasteiger charge is -2.21. The summed E-state index contributed by atoms with van der Waals surface area (Å²) in [6.07, 6.45) is 4.31. The molecule has 3 N–H and O–H groups in total. The Kier molecular flexibility index (Phi) is 6.57. The van der Waals surface area contributed by atoms with Crippen LogP contribution in [0, 0.1) is 0 Å². The van der Waals surface area contributed by atoms with Crippen LogP contribution in [0.3, 0.4) is 0 Å². The summed E-state index contributed by atoms with van der Waals surface area (Å²) < 4.78 is 0. The van der Waals surface area contributed by atoms with Crippen molar-refractivity contribution in [1.82, 2.24) is 4.98 Å². The molecule has 3 rings (SSSR count). The van der Waals surface area contributed by atoms with Crippen molar-refractivity contribution in [3.05, 3.63) is 53.6 Å². The highest BCUT2D eigenvalue weighted by Crippen LogP contribution is 2.34. The number of aryl methyl sites for hydroxylation is 2. The van der Waals surface area contributed by atoms with E-state index in [2.05, 4.69) is 73.1 Å². The zero-order valence-corrected chi connectivity index (χ0v) is 17.0. The molecule has 2 aromatic carbocycles. The summed E-state index contributed by atoms with van der Waals surface area (Å²) in [5.41, 5.74) is 13.7. The Morgan fingerprint density at radius 3 is 2.30 bits per heavy atom. The molecule has 0 amide bonds.